The Hall–Kier alpha value is -1.57. The molecule has 0 amide bonds. The van der Waals surface area contributed by atoms with Gasteiger partial charge in [0.25, 0.3) is 0 Å². The molecule has 0 fully saturated rings. The molecule has 0 aliphatic rings. The van der Waals surface area contributed by atoms with Crippen molar-refractivity contribution in [1.82, 2.24) is 9.55 Å². The molecule has 4 nitrogen and oxygen atoms in total. The standard InChI is InChI=1S/C17H15BrN2O2S2/c1-23-17-19-11-16(20(17)14-7-5-13(18)6-8-14)12-3-9-15(10-4-12)24(2,21)22/h3-11H,1-2H3. The molecule has 124 valence electrons. The molecule has 0 saturated carbocycles. The fourth-order valence-corrected chi connectivity index (χ4v) is 3.83. The Bertz CT molecular complexity index is 963. The van der Waals surface area contributed by atoms with Gasteiger partial charge in [-0.25, -0.2) is 13.4 Å². The van der Waals surface area contributed by atoms with Gasteiger partial charge in [0, 0.05) is 22.0 Å². The fraction of sp³-hybridized carbons (Fsp3) is 0.118. The Morgan fingerprint density at radius 2 is 1.67 bits per heavy atom. The molecule has 0 aliphatic heterocycles. The largest absolute Gasteiger partial charge is 0.287 e. The molecule has 0 radical (unpaired) electrons. The lowest BCUT2D eigenvalue weighted by molar-refractivity contribution is 0.602. The van der Waals surface area contributed by atoms with Crippen LogP contribution in [0.1, 0.15) is 0 Å². The van der Waals surface area contributed by atoms with Crippen LogP contribution in [0.5, 0.6) is 0 Å². The van der Waals surface area contributed by atoms with Crippen molar-refractivity contribution in [3.63, 3.8) is 0 Å². The van der Waals surface area contributed by atoms with E-state index in [0.29, 0.717) is 4.90 Å². The lowest BCUT2D eigenvalue weighted by Crippen LogP contribution is -2.00. The van der Waals surface area contributed by atoms with E-state index in [0.717, 1.165) is 26.6 Å². The third kappa shape index (κ3) is 3.43. The highest BCUT2D eigenvalue weighted by molar-refractivity contribution is 9.10. The van der Waals surface area contributed by atoms with Crippen molar-refractivity contribution >= 4 is 37.5 Å². The van der Waals surface area contributed by atoms with E-state index in [1.54, 1.807) is 23.9 Å². The maximum atomic E-state index is 11.6. The first-order chi connectivity index (χ1) is 11.4. The van der Waals surface area contributed by atoms with Crippen LogP contribution in [0, 0.1) is 0 Å². The molecule has 0 spiro atoms. The van der Waals surface area contributed by atoms with Crippen LogP contribution in [0.4, 0.5) is 0 Å². The molecule has 0 N–H and O–H groups in total. The number of thioether (sulfide) groups is 1. The third-order valence-electron chi connectivity index (χ3n) is 3.58. The van der Waals surface area contributed by atoms with Crippen molar-refractivity contribution in [2.45, 2.75) is 10.1 Å². The molecule has 3 aromatic rings. The van der Waals surface area contributed by atoms with Gasteiger partial charge in [-0.2, -0.15) is 0 Å². The summed E-state index contributed by atoms with van der Waals surface area (Å²) in [4.78, 5) is 4.79. The summed E-state index contributed by atoms with van der Waals surface area (Å²) < 4.78 is 26.3. The average Bonchev–Trinajstić information content (AvgIpc) is 2.99. The normalized spacial score (nSPS) is 11.6. The first kappa shape index (κ1) is 17.3. The van der Waals surface area contributed by atoms with Gasteiger partial charge >= 0.3 is 0 Å². The second-order valence-electron chi connectivity index (χ2n) is 5.24. The summed E-state index contributed by atoms with van der Waals surface area (Å²) in [6.45, 7) is 0. The number of rotatable bonds is 4. The smallest absolute Gasteiger partial charge is 0.175 e. The average molecular weight is 423 g/mol. The van der Waals surface area contributed by atoms with E-state index >= 15 is 0 Å². The fourth-order valence-electron chi connectivity index (χ4n) is 2.40. The minimum Gasteiger partial charge on any atom is -0.287 e. The second kappa shape index (κ2) is 6.74. The van der Waals surface area contributed by atoms with E-state index in [1.165, 1.54) is 6.26 Å². The maximum Gasteiger partial charge on any atom is 0.175 e. The second-order valence-corrected chi connectivity index (χ2v) is 8.94. The van der Waals surface area contributed by atoms with Gasteiger partial charge in [0.05, 0.1) is 16.8 Å². The lowest BCUT2D eigenvalue weighted by Gasteiger charge is -2.11. The highest BCUT2D eigenvalue weighted by atomic mass is 79.9. The van der Waals surface area contributed by atoms with Gasteiger partial charge in [-0.15, -0.1) is 0 Å². The Morgan fingerprint density at radius 3 is 2.21 bits per heavy atom. The molecule has 0 bridgehead atoms. The van der Waals surface area contributed by atoms with Crippen LogP contribution in [0.3, 0.4) is 0 Å². The zero-order chi connectivity index (χ0) is 17.3. The molecule has 1 heterocycles. The molecular weight excluding hydrogens is 408 g/mol. The Kier molecular flexibility index (Phi) is 4.85. The van der Waals surface area contributed by atoms with Gasteiger partial charge in [0.1, 0.15) is 0 Å². The lowest BCUT2D eigenvalue weighted by atomic mass is 10.1. The number of aromatic nitrogens is 2. The summed E-state index contributed by atoms with van der Waals surface area (Å²) in [5.74, 6) is 0. The van der Waals surface area contributed by atoms with Crippen molar-refractivity contribution in [2.24, 2.45) is 0 Å². The third-order valence-corrected chi connectivity index (χ3v) is 5.89. The molecule has 3 rings (SSSR count). The summed E-state index contributed by atoms with van der Waals surface area (Å²) >= 11 is 5.01. The summed E-state index contributed by atoms with van der Waals surface area (Å²) in [5, 5.41) is 0.875. The van der Waals surface area contributed by atoms with Gasteiger partial charge in [-0.1, -0.05) is 39.8 Å². The van der Waals surface area contributed by atoms with Crippen molar-refractivity contribution in [3.05, 3.63) is 59.2 Å². The van der Waals surface area contributed by atoms with Crippen LogP contribution in [-0.4, -0.2) is 30.5 Å². The first-order valence-corrected chi connectivity index (χ1v) is 11.0. The molecule has 1 aromatic heterocycles. The summed E-state index contributed by atoms with van der Waals surface area (Å²) in [7, 11) is -3.20. The zero-order valence-electron chi connectivity index (χ0n) is 13.1. The van der Waals surface area contributed by atoms with Crippen molar-refractivity contribution in [3.8, 4) is 16.9 Å². The molecule has 7 heteroatoms. The Balaban J connectivity index is 2.12. The molecular formula is C17H15BrN2O2S2. The number of halogens is 1. The monoisotopic (exact) mass is 422 g/mol. The van der Waals surface area contributed by atoms with Gasteiger partial charge in [0.15, 0.2) is 15.0 Å². The van der Waals surface area contributed by atoms with Crippen molar-refractivity contribution < 1.29 is 8.42 Å². The number of hydrogen-bond donors (Lipinski definition) is 0. The first-order valence-electron chi connectivity index (χ1n) is 7.08. The zero-order valence-corrected chi connectivity index (χ0v) is 16.3. The van der Waals surface area contributed by atoms with E-state index in [2.05, 4.69) is 25.5 Å². The highest BCUT2D eigenvalue weighted by Crippen LogP contribution is 2.30. The van der Waals surface area contributed by atoms with E-state index < -0.39 is 9.84 Å². The molecule has 24 heavy (non-hydrogen) atoms. The Morgan fingerprint density at radius 1 is 1.04 bits per heavy atom. The van der Waals surface area contributed by atoms with Crippen LogP contribution < -0.4 is 0 Å². The molecule has 0 saturated heterocycles. The summed E-state index contributed by atoms with van der Waals surface area (Å²) in [6.07, 6.45) is 5.00. The predicted octanol–water partition coefficient (Wildman–Crippen LogP) is 4.43. The van der Waals surface area contributed by atoms with Crippen LogP contribution in [0.2, 0.25) is 0 Å². The number of imidazole rings is 1. The minimum atomic E-state index is -3.20. The molecule has 0 atom stereocenters. The predicted molar refractivity (Wildman–Crippen MR) is 102 cm³/mol. The minimum absolute atomic E-state index is 0.311. The van der Waals surface area contributed by atoms with Crippen molar-refractivity contribution in [1.29, 1.82) is 0 Å². The molecule has 2 aromatic carbocycles. The van der Waals surface area contributed by atoms with Crippen LogP contribution >= 0.6 is 27.7 Å². The van der Waals surface area contributed by atoms with Gasteiger partial charge in [0.2, 0.25) is 0 Å². The van der Waals surface area contributed by atoms with Crippen LogP contribution in [0.15, 0.2) is 69.3 Å². The van der Waals surface area contributed by atoms with Crippen LogP contribution in [0.25, 0.3) is 16.9 Å². The van der Waals surface area contributed by atoms with E-state index in [1.807, 2.05) is 48.9 Å². The van der Waals surface area contributed by atoms with Crippen molar-refractivity contribution in [2.75, 3.05) is 12.5 Å². The SMILES string of the molecule is CSc1ncc(-c2ccc(S(C)(=O)=O)cc2)n1-c1ccc(Br)cc1. The summed E-state index contributed by atoms with van der Waals surface area (Å²) in [5.41, 5.74) is 2.84. The molecule has 0 unspecified atom stereocenters. The van der Waals surface area contributed by atoms with Gasteiger partial charge in [-0.3, -0.25) is 4.57 Å². The highest BCUT2D eigenvalue weighted by Gasteiger charge is 2.14. The van der Waals surface area contributed by atoms with Gasteiger partial charge < -0.3 is 0 Å². The Labute approximate surface area is 154 Å². The molecule has 0 aliphatic carbocycles. The number of nitrogens with zero attached hydrogens (tertiary/aromatic N) is 2. The van der Waals surface area contributed by atoms with E-state index in [4.69, 9.17) is 0 Å². The quantitative estimate of drug-likeness (QED) is 0.583. The maximum absolute atomic E-state index is 11.6. The summed E-state index contributed by atoms with van der Waals surface area (Å²) in [6, 6.07) is 14.9. The topological polar surface area (TPSA) is 52.0 Å². The number of hydrogen-bond acceptors (Lipinski definition) is 4. The number of sulfone groups is 1. The van der Waals surface area contributed by atoms with E-state index in [-0.39, 0.29) is 0 Å². The van der Waals surface area contributed by atoms with Gasteiger partial charge in [-0.05, 0) is 42.7 Å². The van der Waals surface area contributed by atoms with E-state index in [9.17, 15) is 8.42 Å². The van der Waals surface area contributed by atoms with Crippen LogP contribution in [-0.2, 0) is 9.84 Å². The number of benzene rings is 2.